The predicted octanol–water partition coefficient (Wildman–Crippen LogP) is -3.23. The quantitative estimate of drug-likeness (QED) is 0.317. The first kappa shape index (κ1) is 17.9. The number of hydrogen-bond acceptors (Lipinski definition) is 7. The van der Waals surface area contributed by atoms with Crippen molar-refractivity contribution in [3.05, 3.63) is 38.2 Å². The minimum Gasteiger partial charge on any atom is -0.546 e. The Bertz CT molecular complexity index is 536. The van der Waals surface area contributed by atoms with Gasteiger partial charge in [-0.15, -0.1) is 0 Å². The molecule has 19 heavy (non-hydrogen) atoms. The van der Waals surface area contributed by atoms with E-state index in [0.717, 1.165) is 0 Å². The Hall–Kier alpha value is -1.14. The van der Waals surface area contributed by atoms with E-state index in [9.17, 15) is 34.5 Å². The molecule has 9 nitrogen and oxygen atoms in total. The van der Waals surface area contributed by atoms with E-state index in [1.54, 1.807) is 0 Å². The minimum atomic E-state index is -1.68. The molecule has 0 amide bonds. The Morgan fingerprint density at radius 2 is 1.74 bits per heavy atom. The number of carboxylic acids is 1. The van der Waals surface area contributed by atoms with Crippen LogP contribution in [0.5, 0.6) is 5.75 Å². The fraction of sp³-hybridized carbons (Fsp3) is 0.125. The smallest absolute Gasteiger partial charge is 0.546 e. The number of halogens is 1. The second-order valence-corrected chi connectivity index (χ2v) is 2.95. The average molecular weight is 298 g/mol. The summed E-state index contributed by atoms with van der Waals surface area (Å²) in [5.74, 6) is -3.78. The zero-order valence-corrected chi connectivity index (χ0v) is 12.6. The summed E-state index contributed by atoms with van der Waals surface area (Å²) in [5, 5.41) is 31.0. The average Bonchev–Trinajstić information content (AvgIpc) is 2.25. The monoisotopic (exact) mass is 298 g/mol. The van der Waals surface area contributed by atoms with Crippen LogP contribution in [0, 0.1) is 26.0 Å². The molecule has 1 aromatic carbocycles. The number of aliphatic carboxylic acids is 1. The summed E-state index contributed by atoms with van der Waals surface area (Å²) in [6.07, 6.45) is 0. The van der Waals surface area contributed by atoms with Crippen LogP contribution >= 0.6 is 0 Å². The van der Waals surface area contributed by atoms with Crippen LogP contribution < -0.4 is 61.2 Å². The first-order valence-corrected chi connectivity index (χ1v) is 4.28. The van der Waals surface area contributed by atoms with E-state index in [0.29, 0.717) is 12.1 Å². The molecular weight excluding hydrogens is 294 g/mol. The van der Waals surface area contributed by atoms with Gasteiger partial charge in [-0.1, -0.05) is 0 Å². The summed E-state index contributed by atoms with van der Waals surface area (Å²) in [6, 6.07) is 0.721. The van der Waals surface area contributed by atoms with Crippen molar-refractivity contribution in [3.63, 3.8) is 0 Å². The van der Waals surface area contributed by atoms with Gasteiger partial charge in [-0.3, -0.25) is 20.2 Å². The number of carbonyl (C=O) groups is 1. The van der Waals surface area contributed by atoms with Gasteiger partial charge in [0.1, 0.15) is 12.7 Å². The summed E-state index contributed by atoms with van der Waals surface area (Å²) >= 11 is 0. The topological polar surface area (TPSA) is 136 Å². The summed E-state index contributed by atoms with van der Waals surface area (Å²) in [6.45, 7) is -1.04. The molecule has 0 spiro atoms. The van der Waals surface area contributed by atoms with Crippen LogP contribution in [0.15, 0.2) is 12.1 Å². The van der Waals surface area contributed by atoms with Gasteiger partial charge in [-0.25, -0.2) is 0 Å². The van der Waals surface area contributed by atoms with Gasteiger partial charge < -0.3 is 14.6 Å². The molecule has 0 N–H and O–H groups in total. The minimum absolute atomic E-state index is 0. The SMILES string of the molecule is O=C([O-])COc1cc(F)c([N+](=O)[O-])cc1[N+](=O)[O-].[K+]. The molecule has 0 aliphatic rings. The van der Waals surface area contributed by atoms with E-state index in [2.05, 4.69) is 4.74 Å². The molecule has 0 bridgehead atoms. The van der Waals surface area contributed by atoms with E-state index in [1.165, 1.54) is 0 Å². The van der Waals surface area contributed by atoms with Gasteiger partial charge in [0, 0.05) is 6.07 Å². The fourth-order valence-electron chi connectivity index (χ4n) is 1.07. The molecule has 0 radical (unpaired) electrons. The molecule has 0 unspecified atom stereocenters. The van der Waals surface area contributed by atoms with Crippen molar-refractivity contribution >= 4 is 17.3 Å². The van der Waals surface area contributed by atoms with Crippen LogP contribution in [0.25, 0.3) is 0 Å². The number of benzene rings is 1. The number of carbonyl (C=O) groups excluding carboxylic acids is 1. The molecular formula is C8H4FKN2O7. The van der Waals surface area contributed by atoms with Crippen LogP contribution in [0.1, 0.15) is 0 Å². The predicted molar refractivity (Wildman–Crippen MR) is 50.2 cm³/mol. The molecule has 0 heterocycles. The van der Waals surface area contributed by atoms with Gasteiger partial charge in [0.25, 0.3) is 0 Å². The molecule has 0 aliphatic carbocycles. The summed E-state index contributed by atoms with van der Waals surface area (Å²) in [7, 11) is 0. The Balaban J connectivity index is 0.00000324. The van der Waals surface area contributed by atoms with Crippen molar-refractivity contribution in [1.82, 2.24) is 0 Å². The molecule has 0 saturated heterocycles. The first-order valence-electron chi connectivity index (χ1n) is 4.28. The van der Waals surface area contributed by atoms with Crippen molar-refractivity contribution in [3.8, 4) is 5.75 Å². The molecule has 1 rings (SSSR count). The molecule has 0 fully saturated rings. The van der Waals surface area contributed by atoms with E-state index >= 15 is 0 Å². The van der Waals surface area contributed by atoms with Crippen LogP contribution in [0.2, 0.25) is 0 Å². The first-order chi connectivity index (χ1) is 8.32. The third-order valence-electron chi connectivity index (χ3n) is 1.77. The molecule has 1 aromatic rings. The van der Waals surface area contributed by atoms with E-state index in [-0.39, 0.29) is 51.4 Å². The van der Waals surface area contributed by atoms with E-state index < -0.39 is 45.4 Å². The molecule has 0 atom stereocenters. The number of nitro benzene ring substituents is 2. The maximum atomic E-state index is 13.2. The number of rotatable bonds is 5. The van der Waals surface area contributed by atoms with Crippen molar-refractivity contribution in [2.45, 2.75) is 0 Å². The summed E-state index contributed by atoms with van der Waals surface area (Å²) in [4.78, 5) is 28.8. The van der Waals surface area contributed by atoms with Gasteiger partial charge in [0.05, 0.1) is 15.8 Å². The van der Waals surface area contributed by atoms with Crippen molar-refractivity contribution < 1.29 is 80.3 Å². The largest absolute Gasteiger partial charge is 1.00 e. The molecule has 11 heteroatoms. The second-order valence-electron chi connectivity index (χ2n) is 2.95. The maximum Gasteiger partial charge on any atom is 1.00 e. The van der Waals surface area contributed by atoms with Gasteiger partial charge in [0.2, 0.25) is 11.6 Å². The molecule has 96 valence electrons. The zero-order valence-electron chi connectivity index (χ0n) is 9.49. The number of hydrogen-bond donors (Lipinski definition) is 0. The third kappa shape index (κ3) is 4.79. The molecule has 0 aliphatic heterocycles. The van der Waals surface area contributed by atoms with Gasteiger partial charge in [0.15, 0.2) is 0 Å². The number of carboxylic acid groups (broad SMARTS) is 1. The van der Waals surface area contributed by atoms with Crippen LogP contribution in [0.3, 0.4) is 0 Å². The normalized spacial score (nSPS) is 9.32. The van der Waals surface area contributed by atoms with Crippen molar-refractivity contribution in [2.75, 3.05) is 6.61 Å². The summed E-state index contributed by atoms with van der Waals surface area (Å²) in [5.41, 5.74) is -2.02. The Morgan fingerprint density at radius 1 is 1.21 bits per heavy atom. The van der Waals surface area contributed by atoms with Crippen LogP contribution in [-0.2, 0) is 4.79 Å². The maximum absolute atomic E-state index is 13.2. The fourth-order valence-corrected chi connectivity index (χ4v) is 1.07. The van der Waals surface area contributed by atoms with E-state index in [1.807, 2.05) is 0 Å². The summed E-state index contributed by atoms with van der Waals surface area (Å²) < 4.78 is 17.6. The third-order valence-corrected chi connectivity index (χ3v) is 1.77. The Morgan fingerprint density at radius 3 is 2.16 bits per heavy atom. The van der Waals surface area contributed by atoms with Gasteiger partial charge in [-0.2, -0.15) is 4.39 Å². The molecule has 0 aromatic heterocycles. The Kier molecular flexibility index (Phi) is 7.00. The number of nitro groups is 2. The molecule has 0 saturated carbocycles. The van der Waals surface area contributed by atoms with Crippen LogP contribution in [0.4, 0.5) is 15.8 Å². The standard InChI is InChI=1S/C8H5FN2O7.K/c9-4-1-7(18-3-8(12)13)6(11(16)17)2-5(4)10(14)15;/h1-2H,3H2,(H,12,13);/q;+1/p-1. The zero-order chi connectivity index (χ0) is 13.9. The van der Waals surface area contributed by atoms with Gasteiger partial charge >= 0.3 is 62.8 Å². The van der Waals surface area contributed by atoms with E-state index in [4.69, 9.17) is 0 Å². The van der Waals surface area contributed by atoms with Crippen molar-refractivity contribution in [1.29, 1.82) is 0 Å². The number of ether oxygens (including phenoxy) is 1. The van der Waals surface area contributed by atoms with Crippen molar-refractivity contribution in [2.24, 2.45) is 0 Å². The van der Waals surface area contributed by atoms with Gasteiger partial charge in [-0.05, 0) is 0 Å². The van der Waals surface area contributed by atoms with Crippen LogP contribution in [-0.4, -0.2) is 22.4 Å². The Labute approximate surface area is 147 Å². The second kappa shape index (κ2) is 7.45. The number of nitrogens with zero attached hydrogens (tertiary/aromatic N) is 2.